The van der Waals surface area contributed by atoms with E-state index in [1.54, 1.807) is 12.1 Å². The molecule has 5 nitrogen and oxygen atoms in total. The first-order valence-corrected chi connectivity index (χ1v) is 5.89. The van der Waals surface area contributed by atoms with Gasteiger partial charge in [-0.25, -0.2) is 4.79 Å². The van der Waals surface area contributed by atoms with Gasteiger partial charge in [-0.15, -0.1) is 0 Å². The molecule has 94 valence electrons. The number of hydrogen-bond acceptors (Lipinski definition) is 3. The van der Waals surface area contributed by atoms with Gasteiger partial charge in [0.2, 0.25) is 0 Å². The smallest absolute Gasteiger partial charge is 0.407 e. The molecule has 0 unspecified atom stereocenters. The molecular formula is C13H15N3O2. The normalized spacial score (nSPS) is 19.3. The van der Waals surface area contributed by atoms with Crippen LogP contribution in [0.1, 0.15) is 11.1 Å². The van der Waals surface area contributed by atoms with Crippen LogP contribution in [0.15, 0.2) is 24.3 Å². The summed E-state index contributed by atoms with van der Waals surface area (Å²) in [6, 6.07) is 9.62. The van der Waals surface area contributed by atoms with Crippen LogP contribution in [-0.2, 0) is 6.42 Å². The van der Waals surface area contributed by atoms with E-state index in [1.165, 1.54) is 4.90 Å². The Bertz CT molecular complexity index is 464. The fourth-order valence-electron chi connectivity index (χ4n) is 2.14. The lowest BCUT2D eigenvalue weighted by Gasteiger charge is -2.31. The predicted molar refractivity (Wildman–Crippen MR) is 66.2 cm³/mol. The molecule has 1 aliphatic rings. The first kappa shape index (κ1) is 12.4. The van der Waals surface area contributed by atoms with E-state index in [-0.39, 0.29) is 6.04 Å². The summed E-state index contributed by atoms with van der Waals surface area (Å²) in [5, 5.41) is 21.0. The average molecular weight is 245 g/mol. The molecule has 18 heavy (non-hydrogen) atoms. The van der Waals surface area contributed by atoms with Gasteiger partial charge in [0.1, 0.15) is 0 Å². The zero-order valence-electron chi connectivity index (χ0n) is 9.97. The third kappa shape index (κ3) is 2.99. The molecule has 1 aromatic rings. The fraction of sp³-hybridized carbons (Fsp3) is 0.385. The average Bonchev–Trinajstić information content (AvgIpc) is 2.40. The van der Waals surface area contributed by atoms with E-state index in [0.717, 1.165) is 12.0 Å². The van der Waals surface area contributed by atoms with E-state index >= 15 is 0 Å². The van der Waals surface area contributed by atoms with E-state index < -0.39 is 6.09 Å². The highest BCUT2D eigenvalue weighted by molar-refractivity contribution is 5.65. The van der Waals surface area contributed by atoms with Crippen molar-refractivity contribution in [3.8, 4) is 6.07 Å². The third-order valence-corrected chi connectivity index (χ3v) is 3.09. The van der Waals surface area contributed by atoms with Crippen LogP contribution in [-0.4, -0.2) is 41.8 Å². The van der Waals surface area contributed by atoms with Gasteiger partial charge < -0.3 is 15.3 Å². The Morgan fingerprint density at radius 2 is 2.22 bits per heavy atom. The fourth-order valence-corrected chi connectivity index (χ4v) is 2.14. The van der Waals surface area contributed by atoms with Gasteiger partial charge in [-0.3, -0.25) is 0 Å². The maximum absolute atomic E-state index is 10.9. The van der Waals surface area contributed by atoms with Gasteiger partial charge in [0.25, 0.3) is 0 Å². The summed E-state index contributed by atoms with van der Waals surface area (Å²) < 4.78 is 0. The number of carboxylic acid groups (broad SMARTS) is 1. The van der Waals surface area contributed by atoms with Gasteiger partial charge in [-0.05, 0) is 24.1 Å². The van der Waals surface area contributed by atoms with Crippen LogP contribution in [0.5, 0.6) is 0 Å². The highest BCUT2D eigenvalue weighted by Crippen LogP contribution is 2.09. The third-order valence-electron chi connectivity index (χ3n) is 3.09. The van der Waals surface area contributed by atoms with E-state index in [9.17, 15) is 4.79 Å². The number of rotatable bonds is 2. The molecule has 1 amide bonds. The van der Waals surface area contributed by atoms with Crippen LogP contribution in [0.3, 0.4) is 0 Å². The summed E-state index contributed by atoms with van der Waals surface area (Å²) >= 11 is 0. The molecule has 1 aliphatic heterocycles. The first-order chi connectivity index (χ1) is 8.69. The van der Waals surface area contributed by atoms with Crippen molar-refractivity contribution in [2.75, 3.05) is 19.6 Å². The Morgan fingerprint density at radius 1 is 1.50 bits per heavy atom. The molecule has 0 saturated carbocycles. The minimum atomic E-state index is -0.860. The van der Waals surface area contributed by atoms with Crippen molar-refractivity contribution in [2.24, 2.45) is 0 Å². The minimum absolute atomic E-state index is 0.141. The number of benzene rings is 1. The molecule has 0 bridgehead atoms. The molecule has 1 heterocycles. The second kappa shape index (κ2) is 5.52. The quantitative estimate of drug-likeness (QED) is 0.816. The topological polar surface area (TPSA) is 76.4 Å². The van der Waals surface area contributed by atoms with Crippen molar-refractivity contribution in [3.05, 3.63) is 35.4 Å². The molecule has 1 atom stereocenters. The molecule has 1 saturated heterocycles. The van der Waals surface area contributed by atoms with E-state index in [4.69, 9.17) is 10.4 Å². The van der Waals surface area contributed by atoms with Crippen LogP contribution in [0.4, 0.5) is 4.79 Å². The van der Waals surface area contributed by atoms with Gasteiger partial charge in [0.15, 0.2) is 0 Å². The Morgan fingerprint density at radius 3 is 2.83 bits per heavy atom. The number of nitriles is 1. The molecule has 5 heteroatoms. The van der Waals surface area contributed by atoms with Crippen LogP contribution in [0, 0.1) is 11.3 Å². The molecule has 0 aromatic heterocycles. The summed E-state index contributed by atoms with van der Waals surface area (Å²) in [6.07, 6.45) is -0.0866. The predicted octanol–water partition coefficient (Wildman–Crippen LogP) is 1.05. The largest absolute Gasteiger partial charge is 0.465 e. The van der Waals surface area contributed by atoms with Crippen LogP contribution in [0.25, 0.3) is 0 Å². The summed E-state index contributed by atoms with van der Waals surface area (Å²) in [4.78, 5) is 12.3. The number of piperazine rings is 1. The van der Waals surface area contributed by atoms with Crippen LogP contribution >= 0.6 is 0 Å². The number of nitrogens with one attached hydrogen (secondary N) is 1. The molecule has 0 spiro atoms. The Kier molecular flexibility index (Phi) is 3.80. The maximum atomic E-state index is 10.9. The van der Waals surface area contributed by atoms with Crippen molar-refractivity contribution in [1.29, 1.82) is 5.26 Å². The Labute approximate surface area is 106 Å². The summed E-state index contributed by atoms with van der Waals surface area (Å²) in [7, 11) is 0. The van der Waals surface area contributed by atoms with Crippen LogP contribution in [0.2, 0.25) is 0 Å². The summed E-state index contributed by atoms with van der Waals surface area (Å²) in [6.45, 7) is 1.74. The number of amides is 1. The SMILES string of the molecule is N#Cc1ccc(C[C@@H]2CN(C(=O)O)CCN2)cc1. The Balaban J connectivity index is 1.96. The van der Waals surface area contributed by atoms with Crippen molar-refractivity contribution in [1.82, 2.24) is 10.2 Å². The molecule has 1 fully saturated rings. The van der Waals surface area contributed by atoms with Gasteiger partial charge in [-0.1, -0.05) is 12.1 Å². The molecular weight excluding hydrogens is 230 g/mol. The van der Waals surface area contributed by atoms with Crippen LogP contribution < -0.4 is 5.32 Å². The molecule has 0 aliphatic carbocycles. The maximum Gasteiger partial charge on any atom is 0.407 e. The number of carbonyl (C=O) groups is 1. The zero-order valence-corrected chi connectivity index (χ0v) is 9.97. The van der Waals surface area contributed by atoms with Crippen molar-refractivity contribution < 1.29 is 9.90 Å². The minimum Gasteiger partial charge on any atom is -0.465 e. The highest BCUT2D eigenvalue weighted by atomic mass is 16.4. The van der Waals surface area contributed by atoms with Crippen molar-refractivity contribution >= 4 is 6.09 Å². The zero-order chi connectivity index (χ0) is 13.0. The molecule has 2 N–H and O–H groups in total. The second-order valence-electron chi connectivity index (χ2n) is 4.39. The summed E-state index contributed by atoms with van der Waals surface area (Å²) in [5.41, 5.74) is 1.75. The monoisotopic (exact) mass is 245 g/mol. The Hall–Kier alpha value is -2.06. The lowest BCUT2D eigenvalue weighted by atomic mass is 10.0. The van der Waals surface area contributed by atoms with E-state index in [2.05, 4.69) is 11.4 Å². The van der Waals surface area contributed by atoms with E-state index in [1.807, 2.05) is 12.1 Å². The number of nitrogens with zero attached hydrogens (tertiary/aromatic N) is 2. The molecule has 2 rings (SSSR count). The second-order valence-corrected chi connectivity index (χ2v) is 4.39. The van der Waals surface area contributed by atoms with Crippen molar-refractivity contribution in [2.45, 2.75) is 12.5 Å². The first-order valence-electron chi connectivity index (χ1n) is 5.89. The standard InChI is InChI=1S/C13H15N3O2/c14-8-11-3-1-10(2-4-11)7-12-9-16(13(17)18)6-5-15-12/h1-4,12,15H,5-7,9H2,(H,17,18)/t12-/m1/s1. The summed E-state index contributed by atoms with van der Waals surface area (Å²) in [5.74, 6) is 0. The lowest BCUT2D eigenvalue weighted by Crippen LogP contribution is -2.53. The van der Waals surface area contributed by atoms with Gasteiger partial charge in [0.05, 0.1) is 11.6 Å². The van der Waals surface area contributed by atoms with E-state index in [0.29, 0.717) is 25.2 Å². The van der Waals surface area contributed by atoms with Crippen molar-refractivity contribution in [3.63, 3.8) is 0 Å². The van der Waals surface area contributed by atoms with Gasteiger partial charge >= 0.3 is 6.09 Å². The molecule has 1 aromatic carbocycles. The number of hydrogen-bond donors (Lipinski definition) is 2. The van der Waals surface area contributed by atoms with Gasteiger partial charge in [-0.2, -0.15) is 5.26 Å². The van der Waals surface area contributed by atoms with Gasteiger partial charge in [0, 0.05) is 25.7 Å². The highest BCUT2D eigenvalue weighted by Gasteiger charge is 2.22. The molecule has 0 radical (unpaired) electrons. The lowest BCUT2D eigenvalue weighted by molar-refractivity contribution is 0.128.